The number of hydrogen-bond donors (Lipinski definition) is 1. The number of fused-ring (bicyclic) bond motifs is 1. The van der Waals surface area contributed by atoms with Gasteiger partial charge in [0.05, 0.1) is 0 Å². The van der Waals surface area contributed by atoms with E-state index in [-0.39, 0.29) is 0 Å². The molecule has 0 spiro atoms. The van der Waals surface area contributed by atoms with Gasteiger partial charge in [-0.25, -0.2) is 5.90 Å². The van der Waals surface area contributed by atoms with Crippen LogP contribution >= 0.6 is 11.3 Å². The molecule has 2 aromatic rings. The van der Waals surface area contributed by atoms with E-state index in [1.807, 2.05) is 0 Å². The quantitative estimate of drug-likeness (QED) is 0.785. The van der Waals surface area contributed by atoms with Crippen LogP contribution in [-0.4, -0.2) is 0 Å². The summed E-state index contributed by atoms with van der Waals surface area (Å²) < 4.78 is 1.32. The van der Waals surface area contributed by atoms with E-state index < -0.39 is 0 Å². The molecule has 3 heteroatoms. The van der Waals surface area contributed by atoms with Crippen LogP contribution < -0.4 is 5.90 Å². The molecule has 0 bridgehead atoms. The Morgan fingerprint density at radius 2 is 2.14 bits per heavy atom. The van der Waals surface area contributed by atoms with E-state index in [1.165, 1.54) is 20.5 Å². The minimum absolute atomic E-state index is 0.516. The summed E-state index contributed by atoms with van der Waals surface area (Å²) in [4.78, 5) is 5.96. The topological polar surface area (TPSA) is 35.2 Å². The van der Waals surface area contributed by atoms with Gasteiger partial charge < -0.3 is 0 Å². The zero-order chi connectivity index (χ0) is 9.97. The van der Waals surface area contributed by atoms with Gasteiger partial charge in [-0.2, -0.15) is 0 Å². The van der Waals surface area contributed by atoms with Crippen molar-refractivity contribution in [2.24, 2.45) is 5.90 Å². The molecule has 0 saturated carbocycles. The highest BCUT2D eigenvalue weighted by Crippen LogP contribution is 2.31. The van der Waals surface area contributed by atoms with Crippen LogP contribution in [0.1, 0.15) is 17.4 Å². The minimum Gasteiger partial charge on any atom is -0.299 e. The monoisotopic (exact) mass is 207 g/mol. The fraction of sp³-hybridized carbons (Fsp3) is 0.273. The van der Waals surface area contributed by atoms with Crippen LogP contribution in [0.25, 0.3) is 10.1 Å². The second-order valence-electron chi connectivity index (χ2n) is 3.16. The van der Waals surface area contributed by atoms with Crippen LogP contribution in [0.5, 0.6) is 0 Å². The Hall–Kier alpha value is -0.900. The number of thiophene rings is 1. The fourth-order valence-electron chi connectivity index (χ4n) is 1.73. The van der Waals surface area contributed by atoms with Gasteiger partial charge in [-0.15, -0.1) is 11.3 Å². The summed E-state index contributed by atoms with van der Waals surface area (Å²) in [6.07, 6.45) is 1.03. The Bertz CT molecular complexity index is 436. The molecule has 1 heterocycles. The molecule has 0 aliphatic carbocycles. The van der Waals surface area contributed by atoms with Crippen LogP contribution in [0.2, 0.25) is 0 Å². The van der Waals surface area contributed by atoms with Gasteiger partial charge in [-0.3, -0.25) is 4.84 Å². The average molecular weight is 207 g/mol. The zero-order valence-electron chi connectivity index (χ0n) is 8.12. The molecule has 0 saturated heterocycles. The molecule has 0 fully saturated rings. The largest absolute Gasteiger partial charge is 0.299 e. The maximum absolute atomic E-state index is 5.11. The van der Waals surface area contributed by atoms with Crippen molar-refractivity contribution in [1.82, 2.24) is 0 Å². The van der Waals surface area contributed by atoms with E-state index in [9.17, 15) is 0 Å². The molecule has 1 aromatic carbocycles. The van der Waals surface area contributed by atoms with Crippen LogP contribution in [-0.2, 0) is 17.9 Å². The molecular weight excluding hydrogens is 194 g/mol. The second-order valence-corrected chi connectivity index (χ2v) is 4.30. The molecule has 0 aliphatic heterocycles. The lowest BCUT2D eigenvalue weighted by atomic mass is 10.1. The van der Waals surface area contributed by atoms with Gasteiger partial charge in [0, 0.05) is 9.58 Å². The summed E-state index contributed by atoms with van der Waals surface area (Å²) in [5.41, 5.74) is 1.37. The Balaban J connectivity index is 2.60. The Labute approximate surface area is 87.3 Å². The van der Waals surface area contributed by atoms with Crippen molar-refractivity contribution in [3.05, 3.63) is 34.7 Å². The fourth-order valence-corrected chi connectivity index (χ4v) is 2.95. The first-order valence-corrected chi connectivity index (χ1v) is 5.49. The van der Waals surface area contributed by atoms with E-state index in [2.05, 4.69) is 31.2 Å². The third kappa shape index (κ3) is 1.54. The molecule has 2 N–H and O–H groups in total. The van der Waals surface area contributed by atoms with Gasteiger partial charge in [0.2, 0.25) is 0 Å². The number of hydrogen-bond acceptors (Lipinski definition) is 3. The molecule has 0 atom stereocenters. The third-order valence-electron chi connectivity index (χ3n) is 2.35. The SMILES string of the molecule is CCc1c(CON)sc2ccccc12. The molecule has 1 aromatic heterocycles. The summed E-state index contributed by atoms with van der Waals surface area (Å²) in [7, 11) is 0. The van der Waals surface area contributed by atoms with Crippen molar-refractivity contribution in [2.45, 2.75) is 20.0 Å². The first-order chi connectivity index (χ1) is 6.86. The van der Waals surface area contributed by atoms with Gasteiger partial charge in [0.1, 0.15) is 6.61 Å². The maximum atomic E-state index is 5.11. The molecule has 2 rings (SSSR count). The third-order valence-corrected chi connectivity index (χ3v) is 3.54. The predicted octanol–water partition coefficient (Wildman–Crippen LogP) is 2.85. The maximum Gasteiger partial charge on any atom is 0.102 e. The molecule has 2 nitrogen and oxygen atoms in total. The van der Waals surface area contributed by atoms with Crippen LogP contribution in [0, 0.1) is 0 Å². The number of aryl methyl sites for hydroxylation is 1. The van der Waals surface area contributed by atoms with E-state index in [0.29, 0.717) is 6.61 Å². The van der Waals surface area contributed by atoms with Crippen molar-refractivity contribution >= 4 is 21.4 Å². The van der Waals surface area contributed by atoms with Crippen molar-refractivity contribution < 1.29 is 4.84 Å². The second kappa shape index (κ2) is 4.09. The van der Waals surface area contributed by atoms with Crippen molar-refractivity contribution in [1.29, 1.82) is 0 Å². The Kier molecular flexibility index (Phi) is 2.82. The number of benzene rings is 1. The lowest BCUT2D eigenvalue weighted by Crippen LogP contribution is -1.98. The highest BCUT2D eigenvalue weighted by molar-refractivity contribution is 7.19. The van der Waals surface area contributed by atoms with Crippen molar-refractivity contribution in [3.63, 3.8) is 0 Å². The van der Waals surface area contributed by atoms with E-state index in [1.54, 1.807) is 11.3 Å². The van der Waals surface area contributed by atoms with Gasteiger partial charge in [0.25, 0.3) is 0 Å². The average Bonchev–Trinajstić information content (AvgIpc) is 2.55. The summed E-state index contributed by atoms with van der Waals surface area (Å²) in [6, 6.07) is 8.43. The first-order valence-electron chi connectivity index (χ1n) is 4.67. The van der Waals surface area contributed by atoms with Gasteiger partial charge >= 0.3 is 0 Å². The van der Waals surface area contributed by atoms with Gasteiger partial charge in [0.15, 0.2) is 0 Å². The molecule has 14 heavy (non-hydrogen) atoms. The highest BCUT2D eigenvalue weighted by atomic mass is 32.1. The minimum atomic E-state index is 0.516. The van der Waals surface area contributed by atoms with Gasteiger partial charge in [-0.1, -0.05) is 25.1 Å². The van der Waals surface area contributed by atoms with Crippen LogP contribution in [0.4, 0.5) is 0 Å². The summed E-state index contributed by atoms with van der Waals surface area (Å²) in [5, 5.41) is 1.34. The lowest BCUT2D eigenvalue weighted by Gasteiger charge is -1.98. The zero-order valence-corrected chi connectivity index (χ0v) is 8.93. The number of rotatable bonds is 3. The highest BCUT2D eigenvalue weighted by Gasteiger charge is 2.09. The Morgan fingerprint density at radius 1 is 1.36 bits per heavy atom. The summed E-state index contributed by atoms with van der Waals surface area (Å²) in [5.74, 6) is 5.11. The summed E-state index contributed by atoms with van der Waals surface area (Å²) in [6.45, 7) is 2.68. The van der Waals surface area contributed by atoms with E-state index in [4.69, 9.17) is 10.7 Å². The smallest absolute Gasteiger partial charge is 0.102 e. The molecule has 0 radical (unpaired) electrons. The standard InChI is InChI=1S/C11H13NOS/c1-2-8-9-5-3-4-6-10(9)14-11(8)7-13-12/h3-6H,2,7,12H2,1H3. The molecular formula is C11H13NOS. The van der Waals surface area contributed by atoms with Crippen LogP contribution in [0.15, 0.2) is 24.3 Å². The predicted molar refractivity (Wildman–Crippen MR) is 60.2 cm³/mol. The van der Waals surface area contributed by atoms with Crippen molar-refractivity contribution in [3.8, 4) is 0 Å². The number of nitrogens with two attached hydrogens (primary N) is 1. The first kappa shape index (κ1) is 9.65. The lowest BCUT2D eigenvalue weighted by molar-refractivity contribution is 0.126. The molecule has 0 aliphatic rings. The Morgan fingerprint density at radius 3 is 2.86 bits per heavy atom. The van der Waals surface area contributed by atoms with Crippen molar-refractivity contribution in [2.75, 3.05) is 0 Å². The summed E-state index contributed by atoms with van der Waals surface area (Å²) >= 11 is 1.77. The van der Waals surface area contributed by atoms with E-state index in [0.717, 1.165) is 6.42 Å². The molecule has 74 valence electrons. The molecule has 0 amide bonds. The molecule has 0 unspecified atom stereocenters. The van der Waals surface area contributed by atoms with E-state index >= 15 is 0 Å². The van der Waals surface area contributed by atoms with Crippen LogP contribution in [0.3, 0.4) is 0 Å². The normalized spacial score (nSPS) is 11.0. The van der Waals surface area contributed by atoms with Gasteiger partial charge in [-0.05, 0) is 23.4 Å².